The number of rotatable bonds is 6. The van der Waals surface area contributed by atoms with E-state index < -0.39 is 0 Å². The monoisotopic (exact) mass is 355 g/mol. The molecule has 2 heterocycles. The van der Waals surface area contributed by atoms with Crippen LogP contribution in [0.1, 0.15) is 30.2 Å². The lowest BCUT2D eigenvalue weighted by molar-refractivity contribution is 0.303. The summed E-state index contributed by atoms with van der Waals surface area (Å²) < 4.78 is 16.3. The van der Waals surface area contributed by atoms with Crippen molar-refractivity contribution in [2.45, 2.75) is 33.3 Å². The van der Waals surface area contributed by atoms with E-state index in [4.69, 9.17) is 13.9 Å². The van der Waals surface area contributed by atoms with Crippen LogP contribution in [0.15, 0.2) is 44.5 Å². The lowest BCUT2D eigenvalue weighted by Gasteiger charge is -2.13. The number of aromatic amines is 1. The Morgan fingerprint density at radius 3 is 2.62 bits per heavy atom. The predicted octanol–water partition coefficient (Wildman–Crippen LogP) is 3.33. The summed E-state index contributed by atoms with van der Waals surface area (Å²) in [5, 5.41) is 0.799. The molecule has 0 unspecified atom stereocenters. The van der Waals surface area contributed by atoms with Crippen LogP contribution in [-0.4, -0.2) is 12.1 Å². The number of benzene rings is 1. The Bertz CT molecular complexity index is 1050. The van der Waals surface area contributed by atoms with Crippen LogP contribution in [-0.2, 0) is 13.0 Å². The van der Waals surface area contributed by atoms with Gasteiger partial charge in [0.1, 0.15) is 17.9 Å². The molecule has 0 saturated carbocycles. The fraction of sp³-hybridized carbons (Fsp3) is 0.300. The van der Waals surface area contributed by atoms with Gasteiger partial charge in [-0.2, -0.15) is 0 Å². The van der Waals surface area contributed by atoms with E-state index in [0.29, 0.717) is 17.0 Å². The zero-order chi connectivity index (χ0) is 18.7. The van der Waals surface area contributed by atoms with Gasteiger partial charge in [-0.25, -0.2) is 4.79 Å². The molecule has 3 aromatic rings. The number of aromatic nitrogens is 1. The number of ether oxygens (including phenoxy) is 2. The highest BCUT2D eigenvalue weighted by Crippen LogP contribution is 2.31. The third-order valence-electron chi connectivity index (χ3n) is 4.09. The summed E-state index contributed by atoms with van der Waals surface area (Å²) >= 11 is 0. The van der Waals surface area contributed by atoms with Crippen molar-refractivity contribution in [1.82, 2.24) is 4.98 Å². The Morgan fingerprint density at radius 1 is 1.12 bits per heavy atom. The molecule has 0 amide bonds. The average molecular weight is 355 g/mol. The lowest BCUT2D eigenvalue weighted by atomic mass is 10.0. The van der Waals surface area contributed by atoms with Crippen molar-refractivity contribution in [3.63, 3.8) is 0 Å². The van der Waals surface area contributed by atoms with Crippen molar-refractivity contribution < 1.29 is 13.9 Å². The van der Waals surface area contributed by atoms with E-state index in [1.807, 2.05) is 19.1 Å². The molecule has 6 heteroatoms. The molecule has 0 radical (unpaired) electrons. The van der Waals surface area contributed by atoms with E-state index in [1.54, 1.807) is 0 Å². The smallest absolute Gasteiger partial charge is 0.336 e. The third-order valence-corrected chi connectivity index (χ3v) is 4.09. The first kappa shape index (κ1) is 17.8. The normalized spacial score (nSPS) is 10.9. The van der Waals surface area contributed by atoms with Crippen molar-refractivity contribution in [2.24, 2.45) is 0 Å². The van der Waals surface area contributed by atoms with E-state index in [9.17, 15) is 9.59 Å². The van der Waals surface area contributed by atoms with Gasteiger partial charge < -0.3 is 18.9 Å². The van der Waals surface area contributed by atoms with Gasteiger partial charge in [-0.1, -0.05) is 13.3 Å². The zero-order valence-electron chi connectivity index (χ0n) is 15.0. The molecule has 0 spiro atoms. The highest BCUT2D eigenvalue weighted by Gasteiger charge is 2.13. The van der Waals surface area contributed by atoms with Crippen LogP contribution in [0.4, 0.5) is 0 Å². The quantitative estimate of drug-likeness (QED) is 0.686. The van der Waals surface area contributed by atoms with Crippen LogP contribution < -0.4 is 20.5 Å². The number of H-pyrrole nitrogens is 1. The maximum Gasteiger partial charge on any atom is 0.336 e. The molecule has 3 rings (SSSR count). The Balaban J connectivity index is 2.00. The maximum atomic E-state index is 11.9. The van der Waals surface area contributed by atoms with Gasteiger partial charge in [-0.15, -0.1) is 0 Å². The van der Waals surface area contributed by atoms with Gasteiger partial charge in [0.25, 0.3) is 0 Å². The van der Waals surface area contributed by atoms with Crippen LogP contribution in [0.2, 0.25) is 0 Å². The third kappa shape index (κ3) is 3.64. The van der Waals surface area contributed by atoms with Gasteiger partial charge in [-0.3, -0.25) is 4.79 Å². The van der Waals surface area contributed by atoms with E-state index in [1.165, 1.54) is 25.4 Å². The summed E-state index contributed by atoms with van der Waals surface area (Å²) in [4.78, 5) is 26.7. The number of pyridine rings is 1. The molecule has 1 N–H and O–H groups in total. The number of hydrogen-bond acceptors (Lipinski definition) is 5. The molecular formula is C20H21NO5. The van der Waals surface area contributed by atoms with Crippen molar-refractivity contribution in [1.29, 1.82) is 0 Å². The SMILES string of the molecule is CCCc1cc(=O)oc2cc(C)cc(OCc3cc(=O)c(OC)c[nH]3)c12. The number of hydrogen-bond donors (Lipinski definition) is 1. The molecule has 0 atom stereocenters. The number of fused-ring (bicyclic) bond motifs is 1. The minimum Gasteiger partial charge on any atom is -0.491 e. The highest BCUT2D eigenvalue weighted by molar-refractivity contribution is 5.87. The second-order valence-electron chi connectivity index (χ2n) is 6.16. The predicted molar refractivity (Wildman–Crippen MR) is 99.2 cm³/mol. The average Bonchev–Trinajstić information content (AvgIpc) is 2.59. The van der Waals surface area contributed by atoms with E-state index >= 15 is 0 Å². The second-order valence-corrected chi connectivity index (χ2v) is 6.16. The molecule has 1 aromatic carbocycles. The molecule has 136 valence electrons. The summed E-state index contributed by atoms with van der Waals surface area (Å²) in [6, 6.07) is 6.70. The molecule has 0 saturated heterocycles. The van der Waals surface area contributed by atoms with Gasteiger partial charge in [-0.05, 0) is 36.6 Å². The molecule has 26 heavy (non-hydrogen) atoms. The van der Waals surface area contributed by atoms with Crippen LogP contribution in [0.5, 0.6) is 11.5 Å². The second kappa shape index (κ2) is 7.47. The Kier molecular flexibility index (Phi) is 5.11. The van der Waals surface area contributed by atoms with Crippen LogP contribution in [0.25, 0.3) is 11.0 Å². The first-order valence-corrected chi connectivity index (χ1v) is 8.47. The minimum absolute atomic E-state index is 0.183. The van der Waals surface area contributed by atoms with E-state index in [0.717, 1.165) is 29.4 Å². The molecule has 0 fully saturated rings. The topological polar surface area (TPSA) is 81.5 Å². The zero-order valence-corrected chi connectivity index (χ0v) is 15.0. The van der Waals surface area contributed by atoms with Crippen LogP contribution >= 0.6 is 0 Å². The summed E-state index contributed by atoms with van der Waals surface area (Å²) in [6.45, 7) is 4.15. The van der Waals surface area contributed by atoms with Crippen LogP contribution in [0.3, 0.4) is 0 Å². The first-order chi connectivity index (χ1) is 12.5. The van der Waals surface area contributed by atoms with Crippen molar-refractivity contribution in [3.05, 3.63) is 67.9 Å². The standard InChI is InChI=1S/C20H21NO5/c1-4-5-13-8-19(23)26-17-7-12(2)6-16(20(13)17)25-11-14-9-15(22)18(24-3)10-21-14/h6-10H,4-5,11H2,1-3H3,(H,21,22). The van der Waals surface area contributed by atoms with Gasteiger partial charge in [0, 0.05) is 18.3 Å². The Labute approximate surface area is 150 Å². The van der Waals surface area contributed by atoms with Crippen LogP contribution in [0, 0.1) is 6.92 Å². The number of aryl methyl sites for hydroxylation is 2. The lowest BCUT2D eigenvalue weighted by Crippen LogP contribution is -2.09. The van der Waals surface area contributed by atoms with Gasteiger partial charge in [0.15, 0.2) is 5.75 Å². The summed E-state index contributed by atoms with van der Waals surface area (Å²) in [5.74, 6) is 0.880. The Hall–Kier alpha value is -3.02. The number of nitrogens with one attached hydrogen (secondary N) is 1. The fourth-order valence-corrected chi connectivity index (χ4v) is 2.95. The van der Waals surface area contributed by atoms with Crippen molar-refractivity contribution in [2.75, 3.05) is 7.11 Å². The van der Waals surface area contributed by atoms with E-state index in [2.05, 4.69) is 11.9 Å². The molecule has 0 aliphatic carbocycles. The highest BCUT2D eigenvalue weighted by atomic mass is 16.5. The molecule has 6 nitrogen and oxygen atoms in total. The largest absolute Gasteiger partial charge is 0.491 e. The summed E-state index contributed by atoms with van der Waals surface area (Å²) in [5.41, 5.74) is 2.39. The van der Waals surface area contributed by atoms with E-state index in [-0.39, 0.29) is 23.4 Å². The maximum absolute atomic E-state index is 11.9. The molecule has 0 bridgehead atoms. The molecule has 2 aromatic heterocycles. The minimum atomic E-state index is -0.364. The van der Waals surface area contributed by atoms with Crippen molar-refractivity contribution in [3.8, 4) is 11.5 Å². The Morgan fingerprint density at radius 2 is 1.92 bits per heavy atom. The van der Waals surface area contributed by atoms with Gasteiger partial charge >= 0.3 is 5.63 Å². The van der Waals surface area contributed by atoms with Gasteiger partial charge in [0.05, 0.1) is 18.2 Å². The van der Waals surface area contributed by atoms with Crippen molar-refractivity contribution >= 4 is 11.0 Å². The molecular weight excluding hydrogens is 334 g/mol. The molecule has 0 aliphatic heterocycles. The summed E-state index contributed by atoms with van der Waals surface area (Å²) in [7, 11) is 1.45. The summed E-state index contributed by atoms with van der Waals surface area (Å²) in [6.07, 6.45) is 3.16. The first-order valence-electron chi connectivity index (χ1n) is 8.47. The molecule has 0 aliphatic rings. The number of methoxy groups -OCH3 is 1. The van der Waals surface area contributed by atoms with Gasteiger partial charge in [0.2, 0.25) is 5.43 Å². The fourth-order valence-electron chi connectivity index (χ4n) is 2.95.